The van der Waals surface area contributed by atoms with Crippen molar-refractivity contribution in [2.24, 2.45) is 0 Å². The molecule has 0 heterocycles. The maximum Gasteiger partial charge on any atom is 0.255 e. The van der Waals surface area contributed by atoms with E-state index in [2.05, 4.69) is 5.32 Å². The number of aryl methyl sites for hydroxylation is 1. The predicted molar refractivity (Wildman–Crippen MR) is 74.6 cm³/mol. The zero-order chi connectivity index (χ0) is 15.7. The van der Waals surface area contributed by atoms with E-state index in [0.29, 0.717) is 23.5 Å². The summed E-state index contributed by atoms with van der Waals surface area (Å²) in [4.78, 5) is 12.0. The molecule has 0 bridgehead atoms. The fourth-order valence-electron chi connectivity index (χ4n) is 1.88. The molecule has 6 heteroatoms. The summed E-state index contributed by atoms with van der Waals surface area (Å²) in [5.74, 6) is -5.23. The number of rotatable bonds is 2. The van der Waals surface area contributed by atoms with Crippen molar-refractivity contribution in [3.8, 4) is 0 Å². The maximum atomic E-state index is 13.1. The quantitative estimate of drug-likeness (QED) is 0.657. The molecule has 2 aromatic rings. The number of carbonyl (C=O) groups excluding carboxylic acids is 1. The summed E-state index contributed by atoms with van der Waals surface area (Å²) in [6.45, 7) is 3.59. The van der Waals surface area contributed by atoms with E-state index < -0.39 is 23.4 Å². The van der Waals surface area contributed by atoms with Gasteiger partial charge >= 0.3 is 0 Å². The number of amides is 1. The van der Waals surface area contributed by atoms with E-state index in [-0.39, 0.29) is 5.56 Å². The molecule has 3 nitrogen and oxygen atoms in total. The van der Waals surface area contributed by atoms with Gasteiger partial charge in [0, 0.05) is 5.56 Å². The molecule has 21 heavy (non-hydrogen) atoms. The molecule has 110 valence electrons. The van der Waals surface area contributed by atoms with Gasteiger partial charge < -0.3 is 11.1 Å². The van der Waals surface area contributed by atoms with Crippen LogP contribution < -0.4 is 11.1 Å². The highest BCUT2D eigenvalue weighted by atomic mass is 19.2. The third kappa shape index (κ3) is 2.84. The molecule has 1 amide bonds. The standard InChI is InChI=1S/C15H13F3N2O/c1-7-3-4-12(19)14(8(7)2)20-15(21)9-5-10(16)13(18)11(17)6-9/h3-6H,19H2,1-2H3,(H,20,21). The number of nitrogens with one attached hydrogen (secondary N) is 1. The first-order valence-electron chi connectivity index (χ1n) is 6.13. The Hall–Kier alpha value is -2.50. The summed E-state index contributed by atoms with van der Waals surface area (Å²) in [5.41, 5.74) is 7.79. The number of nitrogen functional groups attached to an aromatic ring is 1. The van der Waals surface area contributed by atoms with Gasteiger partial charge in [-0.15, -0.1) is 0 Å². The monoisotopic (exact) mass is 294 g/mol. The molecule has 0 saturated heterocycles. The van der Waals surface area contributed by atoms with E-state index in [4.69, 9.17) is 5.73 Å². The molecule has 0 aliphatic carbocycles. The van der Waals surface area contributed by atoms with Gasteiger partial charge in [0.05, 0.1) is 11.4 Å². The summed E-state index contributed by atoms with van der Waals surface area (Å²) in [7, 11) is 0. The van der Waals surface area contributed by atoms with Gasteiger partial charge in [-0.1, -0.05) is 6.07 Å². The van der Waals surface area contributed by atoms with Crippen molar-refractivity contribution in [2.75, 3.05) is 11.1 Å². The van der Waals surface area contributed by atoms with Crippen molar-refractivity contribution >= 4 is 17.3 Å². The van der Waals surface area contributed by atoms with E-state index in [0.717, 1.165) is 11.1 Å². The number of nitrogens with two attached hydrogens (primary N) is 1. The second kappa shape index (κ2) is 5.47. The number of halogens is 3. The lowest BCUT2D eigenvalue weighted by atomic mass is 10.1. The van der Waals surface area contributed by atoms with Gasteiger partial charge in [0.2, 0.25) is 0 Å². The van der Waals surface area contributed by atoms with Crippen molar-refractivity contribution in [2.45, 2.75) is 13.8 Å². The van der Waals surface area contributed by atoms with Crippen LogP contribution in [0.5, 0.6) is 0 Å². The average Bonchev–Trinajstić information content (AvgIpc) is 2.44. The van der Waals surface area contributed by atoms with Crippen molar-refractivity contribution in [1.82, 2.24) is 0 Å². The molecular weight excluding hydrogens is 281 g/mol. The minimum Gasteiger partial charge on any atom is -0.397 e. The van der Waals surface area contributed by atoms with Crippen molar-refractivity contribution in [1.29, 1.82) is 0 Å². The highest BCUT2D eigenvalue weighted by Gasteiger charge is 2.17. The summed E-state index contributed by atoms with van der Waals surface area (Å²) >= 11 is 0. The molecule has 0 unspecified atom stereocenters. The fraction of sp³-hybridized carbons (Fsp3) is 0.133. The van der Waals surface area contributed by atoms with Crippen molar-refractivity contribution in [3.63, 3.8) is 0 Å². The number of benzene rings is 2. The molecule has 0 spiro atoms. The second-order valence-corrected chi connectivity index (χ2v) is 4.68. The number of hydrogen-bond donors (Lipinski definition) is 2. The zero-order valence-corrected chi connectivity index (χ0v) is 11.4. The topological polar surface area (TPSA) is 55.1 Å². The van der Waals surface area contributed by atoms with E-state index in [1.165, 1.54) is 0 Å². The largest absolute Gasteiger partial charge is 0.397 e. The van der Waals surface area contributed by atoms with Crippen LogP contribution in [0.2, 0.25) is 0 Å². The van der Waals surface area contributed by atoms with Crippen LogP contribution in [0.1, 0.15) is 21.5 Å². The summed E-state index contributed by atoms with van der Waals surface area (Å²) in [6.07, 6.45) is 0. The molecule has 0 aromatic heterocycles. The van der Waals surface area contributed by atoms with Gasteiger partial charge in [0.25, 0.3) is 5.91 Å². The van der Waals surface area contributed by atoms with Crippen LogP contribution in [0.25, 0.3) is 0 Å². The first kappa shape index (κ1) is 14.9. The Morgan fingerprint density at radius 2 is 1.67 bits per heavy atom. The van der Waals surface area contributed by atoms with E-state index in [1.54, 1.807) is 19.1 Å². The Kier molecular flexibility index (Phi) is 3.88. The first-order valence-corrected chi connectivity index (χ1v) is 6.13. The van der Waals surface area contributed by atoms with E-state index in [1.807, 2.05) is 6.92 Å². The van der Waals surface area contributed by atoms with Gasteiger partial charge in [-0.05, 0) is 43.2 Å². The first-order chi connectivity index (χ1) is 9.81. The van der Waals surface area contributed by atoms with Crippen LogP contribution >= 0.6 is 0 Å². The lowest BCUT2D eigenvalue weighted by molar-refractivity contribution is 0.102. The Bertz CT molecular complexity index is 706. The molecule has 3 N–H and O–H groups in total. The SMILES string of the molecule is Cc1ccc(N)c(NC(=O)c2cc(F)c(F)c(F)c2)c1C. The van der Waals surface area contributed by atoms with Crippen LogP contribution in [0.4, 0.5) is 24.5 Å². The molecule has 0 saturated carbocycles. The molecule has 2 rings (SSSR count). The van der Waals surface area contributed by atoms with Gasteiger partial charge in [0.1, 0.15) is 0 Å². The number of anilines is 2. The van der Waals surface area contributed by atoms with Crippen LogP contribution in [-0.2, 0) is 0 Å². The third-order valence-corrected chi connectivity index (χ3v) is 3.25. The molecule has 0 aliphatic rings. The van der Waals surface area contributed by atoms with Crippen molar-refractivity contribution < 1.29 is 18.0 Å². The normalized spacial score (nSPS) is 10.5. The van der Waals surface area contributed by atoms with Gasteiger partial charge in [0.15, 0.2) is 17.5 Å². The Morgan fingerprint density at radius 1 is 1.10 bits per heavy atom. The van der Waals surface area contributed by atoms with Crippen LogP contribution in [0, 0.1) is 31.3 Å². The maximum absolute atomic E-state index is 13.1. The fourth-order valence-corrected chi connectivity index (χ4v) is 1.88. The van der Waals surface area contributed by atoms with Crippen LogP contribution in [0.3, 0.4) is 0 Å². The van der Waals surface area contributed by atoms with Crippen molar-refractivity contribution in [3.05, 3.63) is 58.4 Å². The average molecular weight is 294 g/mol. The Labute approximate surface area is 119 Å². The molecule has 0 atom stereocenters. The molecule has 0 radical (unpaired) electrons. The molecule has 0 fully saturated rings. The smallest absolute Gasteiger partial charge is 0.255 e. The second-order valence-electron chi connectivity index (χ2n) is 4.68. The lowest BCUT2D eigenvalue weighted by Crippen LogP contribution is -2.15. The Morgan fingerprint density at radius 3 is 2.24 bits per heavy atom. The van der Waals surface area contributed by atoms with E-state index in [9.17, 15) is 18.0 Å². The summed E-state index contributed by atoms with van der Waals surface area (Å²) < 4.78 is 39.2. The Balaban J connectivity index is 2.37. The molecule has 2 aromatic carbocycles. The third-order valence-electron chi connectivity index (χ3n) is 3.25. The minimum absolute atomic E-state index is 0.327. The van der Waals surface area contributed by atoms with E-state index >= 15 is 0 Å². The number of hydrogen-bond acceptors (Lipinski definition) is 2. The highest BCUT2D eigenvalue weighted by Crippen LogP contribution is 2.26. The minimum atomic E-state index is -1.61. The molecule has 0 aliphatic heterocycles. The van der Waals surface area contributed by atoms with Crippen LogP contribution in [-0.4, -0.2) is 5.91 Å². The molecular formula is C15H13F3N2O. The summed E-state index contributed by atoms with van der Waals surface area (Å²) in [5, 5.41) is 2.49. The predicted octanol–water partition coefficient (Wildman–Crippen LogP) is 3.56. The lowest BCUT2D eigenvalue weighted by Gasteiger charge is -2.13. The zero-order valence-electron chi connectivity index (χ0n) is 11.4. The number of carbonyl (C=O) groups is 1. The van der Waals surface area contributed by atoms with Crippen LogP contribution in [0.15, 0.2) is 24.3 Å². The van der Waals surface area contributed by atoms with Gasteiger partial charge in [-0.3, -0.25) is 4.79 Å². The highest BCUT2D eigenvalue weighted by molar-refractivity contribution is 6.06. The van der Waals surface area contributed by atoms with Gasteiger partial charge in [-0.2, -0.15) is 0 Å². The summed E-state index contributed by atoms with van der Waals surface area (Å²) in [6, 6.07) is 4.67. The van der Waals surface area contributed by atoms with Gasteiger partial charge in [-0.25, -0.2) is 13.2 Å².